The van der Waals surface area contributed by atoms with Crippen LogP contribution in [-0.2, 0) is 9.59 Å². The van der Waals surface area contributed by atoms with E-state index in [4.69, 9.17) is 10.00 Å². The average molecular weight is 398 g/mol. The highest BCUT2D eigenvalue weighted by atomic mass is 19.1. The van der Waals surface area contributed by atoms with Crippen LogP contribution in [0.3, 0.4) is 0 Å². The van der Waals surface area contributed by atoms with Gasteiger partial charge in [-0.3, -0.25) is 14.5 Å². The monoisotopic (exact) mass is 398 g/mol. The van der Waals surface area contributed by atoms with Crippen LogP contribution in [0.5, 0.6) is 5.75 Å². The molecular formula is C21H23FN4O3. The highest BCUT2D eigenvalue weighted by molar-refractivity contribution is 5.97. The minimum absolute atomic E-state index is 0.0267. The Balaban J connectivity index is 2.01. The zero-order valence-electron chi connectivity index (χ0n) is 16.4. The second-order valence-electron chi connectivity index (χ2n) is 6.35. The summed E-state index contributed by atoms with van der Waals surface area (Å²) in [5.41, 5.74) is 1.04. The van der Waals surface area contributed by atoms with Gasteiger partial charge in [0, 0.05) is 12.2 Å². The molecule has 8 heteroatoms. The Hall–Kier alpha value is -3.44. The van der Waals surface area contributed by atoms with E-state index in [0.717, 1.165) is 0 Å². The van der Waals surface area contributed by atoms with Crippen molar-refractivity contribution in [2.45, 2.75) is 6.42 Å². The van der Waals surface area contributed by atoms with Gasteiger partial charge in [0.15, 0.2) is 0 Å². The number of benzene rings is 2. The molecule has 0 aromatic heterocycles. The number of carbonyl (C=O) groups excluding carboxylic acids is 2. The topological polar surface area (TPSA) is 85.7 Å². The maximum atomic E-state index is 12.9. The van der Waals surface area contributed by atoms with Gasteiger partial charge >= 0.3 is 0 Å². The smallest absolute Gasteiger partial charge is 0.241 e. The first-order valence-corrected chi connectivity index (χ1v) is 8.99. The Labute approximate surface area is 169 Å². The molecular weight excluding hydrogens is 375 g/mol. The van der Waals surface area contributed by atoms with E-state index in [0.29, 0.717) is 17.1 Å². The number of hydrogen-bond donors (Lipinski definition) is 1. The summed E-state index contributed by atoms with van der Waals surface area (Å²) in [5, 5.41) is 11.6. The molecule has 0 saturated carbocycles. The first-order valence-electron chi connectivity index (χ1n) is 8.99. The molecule has 0 radical (unpaired) electrons. The van der Waals surface area contributed by atoms with Crippen LogP contribution in [0.15, 0.2) is 48.5 Å². The first kappa shape index (κ1) is 21.9. The van der Waals surface area contributed by atoms with Crippen molar-refractivity contribution in [2.24, 2.45) is 0 Å². The van der Waals surface area contributed by atoms with Crippen molar-refractivity contribution in [3.05, 3.63) is 54.3 Å². The Bertz CT molecular complexity index is 880. The molecule has 0 fully saturated rings. The number of halogens is 1. The summed E-state index contributed by atoms with van der Waals surface area (Å²) in [4.78, 5) is 28.1. The van der Waals surface area contributed by atoms with Crippen molar-refractivity contribution in [2.75, 3.05) is 44.0 Å². The molecule has 1 N–H and O–H groups in total. The number of likely N-dealkylation sites (N-methyl/N-ethyl adjacent to an activating group) is 1. The maximum absolute atomic E-state index is 12.9. The molecule has 0 atom stereocenters. The maximum Gasteiger partial charge on any atom is 0.241 e. The van der Waals surface area contributed by atoms with E-state index >= 15 is 0 Å². The van der Waals surface area contributed by atoms with Gasteiger partial charge in [-0.05, 0) is 43.4 Å². The third-order valence-corrected chi connectivity index (χ3v) is 4.07. The molecule has 29 heavy (non-hydrogen) atoms. The summed E-state index contributed by atoms with van der Waals surface area (Å²) < 4.78 is 18.3. The lowest BCUT2D eigenvalue weighted by Gasteiger charge is -2.26. The summed E-state index contributed by atoms with van der Waals surface area (Å²) >= 11 is 0. The van der Waals surface area contributed by atoms with Crippen LogP contribution in [0.4, 0.5) is 15.8 Å². The van der Waals surface area contributed by atoms with E-state index in [1.54, 1.807) is 36.2 Å². The van der Waals surface area contributed by atoms with Crippen molar-refractivity contribution < 1.29 is 18.7 Å². The molecule has 2 aromatic rings. The Morgan fingerprint density at radius 3 is 2.48 bits per heavy atom. The number of amides is 2. The second kappa shape index (κ2) is 10.8. The number of nitrogens with zero attached hydrogens (tertiary/aromatic N) is 3. The number of anilines is 2. The van der Waals surface area contributed by atoms with Crippen LogP contribution in [0.2, 0.25) is 0 Å². The molecule has 2 aromatic carbocycles. The van der Waals surface area contributed by atoms with Crippen molar-refractivity contribution in [1.82, 2.24) is 4.90 Å². The molecule has 0 heterocycles. The average Bonchev–Trinajstić information content (AvgIpc) is 2.70. The third-order valence-electron chi connectivity index (χ3n) is 4.07. The lowest BCUT2D eigenvalue weighted by molar-refractivity contribution is -0.121. The van der Waals surface area contributed by atoms with Gasteiger partial charge in [0.1, 0.15) is 11.6 Å². The highest BCUT2D eigenvalue weighted by Crippen LogP contribution is 2.28. The molecule has 152 valence electrons. The molecule has 7 nitrogen and oxygen atoms in total. The van der Waals surface area contributed by atoms with Gasteiger partial charge in [0.05, 0.1) is 38.4 Å². The fourth-order valence-electron chi connectivity index (χ4n) is 2.75. The van der Waals surface area contributed by atoms with E-state index in [9.17, 15) is 14.0 Å². The molecule has 0 bridgehead atoms. The fraction of sp³-hybridized carbons (Fsp3) is 0.286. The van der Waals surface area contributed by atoms with Crippen molar-refractivity contribution in [3.8, 4) is 11.8 Å². The molecule has 2 rings (SSSR count). The highest BCUT2D eigenvalue weighted by Gasteiger charge is 2.21. The summed E-state index contributed by atoms with van der Waals surface area (Å²) in [7, 11) is 3.16. The number of methoxy groups -OCH3 is 1. The minimum Gasteiger partial charge on any atom is -0.495 e. The minimum atomic E-state index is -0.389. The molecule has 2 amide bonds. The van der Waals surface area contributed by atoms with E-state index in [2.05, 4.69) is 5.32 Å². The van der Waals surface area contributed by atoms with Gasteiger partial charge in [-0.25, -0.2) is 4.39 Å². The molecule has 0 spiro atoms. The Morgan fingerprint density at radius 1 is 1.14 bits per heavy atom. The summed E-state index contributed by atoms with van der Waals surface area (Å²) in [6.45, 7) is 0.159. The Morgan fingerprint density at radius 2 is 1.83 bits per heavy atom. The zero-order valence-corrected chi connectivity index (χ0v) is 16.4. The zero-order chi connectivity index (χ0) is 21.2. The van der Waals surface area contributed by atoms with Crippen LogP contribution < -0.4 is 15.0 Å². The largest absolute Gasteiger partial charge is 0.495 e. The number of nitrogens with one attached hydrogen (secondary N) is 1. The van der Waals surface area contributed by atoms with Crippen molar-refractivity contribution in [3.63, 3.8) is 0 Å². The molecule has 0 aliphatic carbocycles. The van der Waals surface area contributed by atoms with Gasteiger partial charge in [0.2, 0.25) is 11.8 Å². The Kier molecular flexibility index (Phi) is 8.12. The second-order valence-corrected chi connectivity index (χ2v) is 6.35. The van der Waals surface area contributed by atoms with Gasteiger partial charge < -0.3 is 15.0 Å². The van der Waals surface area contributed by atoms with Crippen molar-refractivity contribution in [1.29, 1.82) is 5.26 Å². The van der Waals surface area contributed by atoms with Crippen LogP contribution in [0.25, 0.3) is 0 Å². The fourth-order valence-corrected chi connectivity index (χ4v) is 2.75. The van der Waals surface area contributed by atoms with Crippen molar-refractivity contribution >= 4 is 23.2 Å². The SMILES string of the molecule is COc1ccccc1N(CCC#N)C(=O)CN(C)CC(=O)Nc1ccc(F)cc1. The van der Waals surface area contributed by atoms with Gasteiger partial charge in [0.25, 0.3) is 0 Å². The number of ether oxygens (including phenoxy) is 1. The van der Waals surface area contributed by atoms with Gasteiger partial charge in [-0.2, -0.15) is 5.26 Å². The number of para-hydroxylation sites is 2. The lowest BCUT2D eigenvalue weighted by Crippen LogP contribution is -2.42. The van der Waals surface area contributed by atoms with E-state index < -0.39 is 0 Å². The van der Waals surface area contributed by atoms with Gasteiger partial charge in [-0.15, -0.1) is 0 Å². The van der Waals surface area contributed by atoms with E-state index in [1.807, 2.05) is 6.07 Å². The number of rotatable bonds is 9. The van der Waals surface area contributed by atoms with Crippen LogP contribution in [-0.4, -0.2) is 50.5 Å². The predicted octanol–water partition coefficient (Wildman–Crippen LogP) is 2.65. The van der Waals surface area contributed by atoms with Crippen LogP contribution in [0.1, 0.15) is 6.42 Å². The predicted molar refractivity (Wildman–Crippen MR) is 108 cm³/mol. The summed E-state index contributed by atoms with van der Waals surface area (Å²) in [6, 6.07) is 14.5. The number of nitriles is 1. The summed E-state index contributed by atoms with van der Waals surface area (Å²) in [6.07, 6.45) is 0.165. The molecule has 0 saturated heterocycles. The van der Waals surface area contributed by atoms with Crippen LogP contribution in [0, 0.1) is 17.1 Å². The molecule has 0 aliphatic heterocycles. The quantitative estimate of drug-likeness (QED) is 0.702. The normalized spacial score (nSPS) is 10.3. The summed E-state index contributed by atoms with van der Waals surface area (Å²) in [5.74, 6) is -0.454. The molecule has 0 unspecified atom stereocenters. The van der Waals surface area contributed by atoms with Crippen LogP contribution >= 0.6 is 0 Å². The molecule has 0 aliphatic rings. The lowest BCUT2D eigenvalue weighted by atomic mass is 10.2. The van der Waals surface area contributed by atoms with Gasteiger partial charge in [-0.1, -0.05) is 12.1 Å². The van der Waals surface area contributed by atoms with E-state index in [-0.39, 0.29) is 43.7 Å². The first-order chi connectivity index (χ1) is 13.9. The number of carbonyl (C=O) groups is 2. The number of hydrogen-bond acceptors (Lipinski definition) is 5. The van der Waals surface area contributed by atoms with E-state index in [1.165, 1.54) is 36.3 Å². The third kappa shape index (κ3) is 6.59. The standard InChI is InChI=1S/C21H23FN4O3/c1-25(14-20(27)24-17-10-8-16(22)9-11-17)15-21(28)26(13-5-12-23)18-6-3-4-7-19(18)29-2/h3-4,6-11H,5,13-15H2,1-2H3,(H,24,27).